The molecule has 0 radical (unpaired) electrons. The molecule has 1 saturated carbocycles. The van der Waals surface area contributed by atoms with Gasteiger partial charge in [-0.1, -0.05) is 31.2 Å². The molecular weight excluding hydrogens is 348 g/mol. The highest BCUT2D eigenvalue weighted by atomic mass is 32.2. The van der Waals surface area contributed by atoms with E-state index in [0.29, 0.717) is 0 Å². The van der Waals surface area contributed by atoms with Gasteiger partial charge in [-0.25, -0.2) is 13.1 Å². The third-order valence-corrected chi connectivity index (χ3v) is 6.16. The lowest BCUT2D eigenvalue weighted by atomic mass is 10.1. The van der Waals surface area contributed by atoms with Gasteiger partial charge in [-0.05, 0) is 61.6 Å². The smallest absolute Gasteiger partial charge is 0.241 e. The molecule has 26 heavy (non-hydrogen) atoms. The van der Waals surface area contributed by atoms with E-state index in [4.69, 9.17) is 0 Å². The van der Waals surface area contributed by atoms with Crippen molar-refractivity contribution in [2.75, 3.05) is 5.32 Å². The molecule has 0 saturated heterocycles. The van der Waals surface area contributed by atoms with Crippen molar-refractivity contribution >= 4 is 21.6 Å². The molecule has 2 aromatic carbocycles. The number of carbonyl (C=O) groups excluding carboxylic acids is 1. The summed E-state index contributed by atoms with van der Waals surface area (Å²) in [5.74, 6) is 0.210. The molecule has 1 atom stereocenters. The van der Waals surface area contributed by atoms with Crippen LogP contribution in [0.4, 0.5) is 5.69 Å². The lowest BCUT2D eigenvalue weighted by molar-refractivity contribution is -0.117. The maximum Gasteiger partial charge on any atom is 0.241 e. The predicted octanol–water partition coefficient (Wildman–Crippen LogP) is 3.64. The van der Waals surface area contributed by atoms with Gasteiger partial charge in [0.05, 0.1) is 4.90 Å². The molecule has 0 heterocycles. The van der Waals surface area contributed by atoms with Crippen LogP contribution in [-0.2, 0) is 21.2 Å². The van der Waals surface area contributed by atoms with Gasteiger partial charge in [-0.2, -0.15) is 0 Å². The fourth-order valence-electron chi connectivity index (χ4n) is 2.72. The zero-order valence-corrected chi connectivity index (χ0v) is 15.8. The van der Waals surface area contributed by atoms with Crippen LogP contribution in [0.25, 0.3) is 0 Å². The second-order valence-electron chi connectivity index (χ2n) is 6.73. The Labute approximate surface area is 154 Å². The first-order chi connectivity index (χ1) is 12.4. The quantitative estimate of drug-likeness (QED) is 0.779. The van der Waals surface area contributed by atoms with Gasteiger partial charge < -0.3 is 5.32 Å². The number of hydrogen-bond acceptors (Lipinski definition) is 3. The summed E-state index contributed by atoms with van der Waals surface area (Å²) >= 11 is 0. The third-order valence-electron chi connectivity index (χ3n) is 4.60. The minimum Gasteiger partial charge on any atom is -0.326 e. The largest absolute Gasteiger partial charge is 0.326 e. The molecule has 0 bridgehead atoms. The molecule has 6 heteroatoms. The first kappa shape index (κ1) is 18.6. The third kappa shape index (κ3) is 4.51. The maximum atomic E-state index is 12.5. The fourth-order valence-corrected chi connectivity index (χ4v) is 3.95. The van der Waals surface area contributed by atoms with E-state index in [-0.39, 0.29) is 22.8 Å². The number of benzene rings is 2. The minimum atomic E-state index is -3.58. The molecule has 2 aromatic rings. The zero-order valence-electron chi connectivity index (χ0n) is 15.0. The Kier molecular flexibility index (Phi) is 5.44. The van der Waals surface area contributed by atoms with Gasteiger partial charge in [-0.15, -0.1) is 0 Å². The van der Waals surface area contributed by atoms with Crippen molar-refractivity contribution in [1.29, 1.82) is 0 Å². The van der Waals surface area contributed by atoms with Crippen LogP contribution in [-0.4, -0.2) is 14.3 Å². The van der Waals surface area contributed by atoms with Crippen LogP contribution in [0.3, 0.4) is 0 Å². The van der Waals surface area contributed by atoms with E-state index in [9.17, 15) is 13.2 Å². The van der Waals surface area contributed by atoms with E-state index < -0.39 is 10.0 Å². The number of nitrogens with one attached hydrogen (secondary N) is 2. The molecule has 1 aliphatic rings. The second kappa shape index (κ2) is 7.60. The van der Waals surface area contributed by atoms with Gasteiger partial charge in [0.25, 0.3) is 0 Å². The Balaban J connectivity index is 1.65. The molecule has 0 aromatic heterocycles. The first-order valence-electron chi connectivity index (χ1n) is 8.91. The number of anilines is 1. The lowest BCUT2D eigenvalue weighted by Crippen LogP contribution is -2.26. The molecule has 1 amide bonds. The topological polar surface area (TPSA) is 75.3 Å². The highest BCUT2D eigenvalue weighted by molar-refractivity contribution is 7.89. The van der Waals surface area contributed by atoms with Crippen LogP contribution < -0.4 is 10.0 Å². The van der Waals surface area contributed by atoms with E-state index in [1.165, 1.54) is 0 Å². The number of carbonyl (C=O) groups is 1. The first-order valence-corrected chi connectivity index (χ1v) is 10.4. The zero-order chi connectivity index (χ0) is 18.7. The van der Waals surface area contributed by atoms with Crippen molar-refractivity contribution in [3.05, 3.63) is 59.7 Å². The monoisotopic (exact) mass is 372 g/mol. The van der Waals surface area contributed by atoms with E-state index >= 15 is 0 Å². The van der Waals surface area contributed by atoms with Gasteiger partial charge >= 0.3 is 0 Å². The Morgan fingerprint density at radius 3 is 2.23 bits per heavy atom. The van der Waals surface area contributed by atoms with Crippen LogP contribution in [0.5, 0.6) is 0 Å². The van der Waals surface area contributed by atoms with Crippen molar-refractivity contribution in [3.8, 4) is 0 Å². The van der Waals surface area contributed by atoms with E-state index in [2.05, 4.69) is 10.0 Å². The van der Waals surface area contributed by atoms with Crippen molar-refractivity contribution < 1.29 is 13.2 Å². The standard InChI is InChI=1S/C20H24N2O3S/c1-3-15-4-12-19(13-5-15)26(24,25)22-14(2)16-8-10-18(11-9-16)21-20(23)17-6-7-17/h4-5,8-14,17,22H,3,6-7H2,1-2H3,(H,21,23). The summed E-state index contributed by atoms with van der Waals surface area (Å²) in [6.07, 6.45) is 2.79. The fraction of sp³-hybridized carbons (Fsp3) is 0.350. The van der Waals surface area contributed by atoms with Crippen molar-refractivity contribution in [2.24, 2.45) is 5.92 Å². The summed E-state index contributed by atoms with van der Waals surface area (Å²) < 4.78 is 27.8. The summed E-state index contributed by atoms with van der Waals surface area (Å²) in [4.78, 5) is 12.0. The number of sulfonamides is 1. The number of amides is 1. The summed E-state index contributed by atoms with van der Waals surface area (Å²) in [7, 11) is -3.58. The SMILES string of the molecule is CCc1ccc(S(=O)(=O)NC(C)c2ccc(NC(=O)C3CC3)cc2)cc1. The summed E-state index contributed by atoms with van der Waals surface area (Å²) in [6.45, 7) is 3.83. The summed E-state index contributed by atoms with van der Waals surface area (Å²) in [5, 5.41) is 2.88. The average Bonchev–Trinajstić information content (AvgIpc) is 3.47. The molecule has 3 rings (SSSR count). The van der Waals surface area contributed by atoms with E-state index in [0.717, 1.165) is 36.1 Å². The van der Waals surface area contributed by atoms with Gasteiger partial charge in [-0.3, -0.25) is 4.79 Å². The van der Waals surface area contributed by atoms with Crippen LogP contribution >= 0.6 is 0 Å². The molecule has 0 spiro atoms. The minimum absolute atomic E-state index is 0.0574. The Bertz CT molecular complexity index is 870. The molecule has 1 fully saturated rings. The van der Waals surface area contributed by atoms with Crippen LogP contribution in [0, 0.1) is 5.92 Å². The normalized spacial score (nSPS) is 15.5. The highest BCUT2D eigenvalue weighted by Crippen LogP contribution is 2.30. The van der Waals surface area contributed by atoms with E-state index in [1.807, 2.05) is 31.2 Å². The van der Waals surface area contributed by atoms with Gasteiger partial charge in [0.1, 0.15) is 0 Å². The molecule has 2 N–H and O–H groups in total. The molecule has 138 valence electrons. The molecule has 1 unspecified atom stereocenters. The van der Waals surface area contributed by atoms with Gasteiger partial charge in [0.15, 0.2) is 0 Å². The second-order valence-corrected chi connectivity index (χ2v) is 8.44. The molecule has 0 aliphatic heterocycles. The molecule has 5 nitrogen and oxygen atoms in total. The molecule has 1 aliphatic carbocycles. The summed E-state index contributed by atoms with van der Waals surface area (Å²) in [6, 6.07) is 13.8. The van der Waals surface area contributed by atoms with Crippen LogP contribution in [0.1, 0.15) is 43.9 Å². The average molecular weight is 372 g/mol. The molecular formula is C20H24N2O3S. The van der Waals surface area contributed by atoms with Crippen molar-refractivity contribution in [3.63, 3.8) is 0 Å². The predicted molar refractivity (Wildman–Crippen MR) is 102 cm³/mol. The van der Waals surface area contributed by atoms with E-state index in [1.54, 1.807) is 31.2 Å². The van der Waals surface area contributed by atoms with Crippen LogP contribution in [0.2, 0.25) is 0 Å². The maximum absolute atomic E-state index is 12.5. The van der Waals surface area contributed by atoms with Crippen molar-refractivity contribution in [1.82, 2.24) is 4.72 Å². The lowest BCUT2D eigenvalue weighted by Gasteiger charge is -2.15. The Morgan fingerprint density at radius 2 is 1.69 bits per heavy atom. The number of rotatable bonds is 7. The van der Waals surface area contributed by atoms with Crippen molar-refractivity contribution in [2.45, 2.75) is 44.0 Å². The van der Waals surface area contributed by atoms with Gasteiger partial charge in [0, 0.05) is 17.6 Å². The van der Waals surface area contributed by atoms with Gasteiger partial charge in [0.2, 0.25) is 15.9 Å². The Morgan fingerprint density at radius 1 is 1.08 bits per heavy atom. The highest BCUT2D eigenvalue weighted by Gasteiger charge is 2.29. The number of aryl methyl sites for hydroxylation is 1. The van der Waals surface area contributed by atoms with Crippen LogP contribution in [0.15, 0.2) is 53.4 Å². The Hall–Kier alpha value is -2.18. The number of hydrogen-bond donors (Lipinski definition) is 2. The summed E-state index contributed by atoms with van der Waals surface area (Å²) in [5.41, 5.74) is 2.67.